The number of aromatic amines is 1. The summed E-state index contributed by atoms with van der Waals surface area (Å²) in [6.07, 6.45) is -0.121. The molecule has 1 atom stereocenters. The van der Waals surface area contributed by atoms with Crippen molar-refractivity contribution in [1.82, 2.24) is 15.5 Å². The lowest BCUT2D eigenvalue weighted by molar-refractivity contribution is -0.148. The minimum absolute atomic E-state index is 0.000936. The summed E-state index contributed by atoms with van der Waals surface area (Å²) < 4.78 is 4.98. The highest BCUT2D eigenvalue weighted by Crippen LogP contribution is 2.13. The van der Waals surface area contributed by atoms with Gasteiger partial charge in [0.15, 0.2) is 6.61 Å². The number of hydrogen-bond donors (Lipinski definition) is 2. The van der Waals surface area contributed by atoms with Crippen LogP contribution >= 0.6 is 0 Å². The van der Waals surface area contributed by atoms with Gasteiger partial charge in [0.1, 0.15) is 0 Å². The van der Waals surface area contributed by atoms with Gasteiger partial charge in [-0.3, -0.25) is 14.4 Å². The first-order valence-electron chi connectivity index (χ1n) is 7.79. The molecule has 128 valence electrons. The number of amides is 1. The van der Waals surface area contributed by atoms with Gasteiger partial charge < -0.3 is 10.1 Å². The van der Waals surface area contributed by atoms with Crippen LogP contribution in [0, 0.1) is 5.92 Å². The number of carbonyl (C=O) groups excluding carboxylic acids is 2. The van der Waals surface area contributed by atoms with E-state index < -0.39 is 5.97 Å². The summed E-state index contributed by atoms with van der Waals surface area (Å²) in [5.41, 5.74) is 0.0934. The van der Waals surface area contributed by atoms with Gasteiger partial charge in [0, 0.05) is 11.4 Å². The van der Waals surface area contributed by atoms with Crippen LogP contribution in [0.5, 0.6) is 0 Å². The van der Waals surface area contributed by atoms with E-state index in [-0.39, 0.29) is 30.5 Å². The fourth-order valence-corrected chi connectivity index (χ4v) is 2.10. The van der Waals surface area contributed by atoms with E-state index in [1.165, 1.54) is 0 Å². The number of ether oxygens (including phenoxy) is 1. The number of nitrogens with zero attached hydrogens (tertiary/aromatic N) is 1. The molecule has 7 nitrogen and oxygen atoms in total. The molecule has 0 aliphatic heterocycles. The van der Waals surface area contributed by atoms with Crippen molar-refractivity contribution >= 4 is 22.6 Å². The Morgan fingerprint density at radius 1 is 1.21 bits per heavy atom. The van der Waals surface area contributed by atoms with Gasteiger partial charge in [0.2, 0.25) is 0 Å². The smallest absolute Gasteiger partial charge is 0.312 e. The molecule has 0 spiro atoms. The van der Waals surface area contributed by atoms with Crippen molar-refractivity contribution < 1.29 is 14.3 Å². The topological polar surface area (TPSA) is 101 Å². The summed E-state index contributed by atoms with van der Waals surface area (Å²) in [4.78, 5) is 35.4. The number of aromatic nitrogens is 2. The van der Waals surface area contributed by atoms with E-state index in [1.54, 1.807) is 24.3 Å². The maximum absolute atomic E-state index is 11.9. The fraction of sp³-hybridized carbons (Fsp3) is 0.412. The predicted octanol–water partition coefficient (Wildman–Crippen LogP) is 1.17. The van der Waals surface area contributed by atoms with Crippen molar-refractivity contribution in [3.8, 4) is 0 Å². The number of benzene rings is 1. The summed E-state index contributed by atoms with van der Waals surface area (Å²) >= 11 is 0. The van der Waals surface area contributed by atoms with Crippen LogP contribution in [0.4, 0.5) is 0 Å². The van der Waals surface area contributed by atoms with E-state index in [9.17, 15) is 14.4 Å². The molecule has 0 bridgehead atoms. The molecule has 2 aromatic rings. The first kappa shape index (κ1) is 17.7. The van der Waals surface area contributed by atoms with Gasteiger partial charge in [0.25, 0.3) is 11.5 Å². The minimum atomic E-state index is -0.577. The first-order valence-corrected chi connectivity index (χ1v) is 7.79. The highest BCUT2D eigenvalue weighted by Gasteiger charge is 2.15. The molecule has 1 unspecified atom stereocenters. The molecule has 0 saturated heterocycles. The van der Waals surface area contributed by atoms with Gasteiger partial charge in [-0.25, -0.2) is 5.10 Å². The molecule has 0 aliphatic carbocycles. The maximum Gasteiger partial charge on any atom is 0.312 e. The Kier molecular flexibility index (Phi) is 5.68. The van der Waals surface area contributed by atoms with Crippen molar-refractivity contribution in [2.24, 2.45) is 5.92 Å². The second kappa shape index (κ2) is 7.72. The fourth-order valence-electron chi connectivity index (χ4n) is 2.10. The second-order valence-corrected chi connectivity index (χ2v) is 5.98. The number of H-pyrrole nitrogens is 1. The number of hydrogen-bond acceptors (Lipinski definition) is 5. The lowest BCUT2D eigenvalue weighted by Crippen LogP contribution is -2.38. The molecular weight excluding hydrogens is 310 g/mol. The quantitative estimate of drug-likeness (QED) is 0.774. The van der Waals surface area contributed by atoms with Crippen LogP contribution in [0.2, 0.25) is 0 Å². The third-order valence-electron chi connectivity index (χ3n) is 3.84. The standard InChI is InChI=1S/C17H21N3O4/c1-10(2)11(3)18-15(21)9-24-16(22)8-14-12-6-4-5-7-13(12)17(23)20-19-14/h4-7,10-11H,8-9H2,1-3H3,(H,18,21)(H,20,23). The van der Waals surface area contributed by atoms with E-state index in [1.807, 2.05) is 20.8 Å². The molecule has 1 amide bonds. The molecule has 2 N–H and O–H groups in total. The Labute approximate surface area is 139 Å². The predicted molar refractivity (Wildman–Crippen MR) is 89.5 cm³/mol. The Bertz CT molecular complexity index is 798. The number of fused-ring (bicyclic) bond motifs is 1. The van der Waals surface area contributed by atoms with Gasteiger partial charge in [-0.1, -0.05) is 32.0 Å². The average Bonchev–Trinajstić information content (AvgIpc) is 2.55. The van der Waals surface area contributed by atoms with Crippen molar-refractivity contribution in [1.29, 1.82) is 0 Å². The van der Waals surface area contributed by atoms with Gasteiger partial charge >= 0.3 is 5.97 Å². The third kappa shape index (κ3) is 4.41. The monoisotopic (exact) mass is 331 g/mol. The van der Waals surface area contributed by atoms with Gasteiger partial charge in [-0.15, -0.1) is 0 Å². The highest BCUT2D eigenvalue weighted by atomic mass is 16.5. The zero-order chi connectivity index (χ0) is 17.7. The summed E-state index contributed by atoms with van der Waals surface area (Å²) in [5, 5.41) is 10.1. The highest BCUT2D eigenvalue weighted by molar-refractivity contribution is 5.87. The number of rotatable bonds is 6. The molecular formula is C17H21N3O4. The molecule has 1 heterocycles. The van der Waals surface area contributed by atoms with E-state index in [4.69, 9.17) is 4.74 Å². The van der Waals surface area contributed by atoms with E-state index in [2.05, 4.69) is 15.5 Å². The Balaban J connectivity index is 1.97. The van der Waals surface area contributed by atoms with E-state index in [0.717, 1.165) is 0 Å². The molecule has 0 aliphatic rings. The summed E-state index contributed by atoms with van der Waals surface area (Å²) in [5.74, 6) is -0.628. The SMILES string of the molecule is CC(C)C(C)NC(=O)COC(=O)Cc1n[nH]c(=O)c2ccccc12. The molecule has 0 radical (unpaired) electrons. The van der Waals surface area contributed by atoms with Crippen molar-refractivity contribution in [3.63, 3.8) is 0 Å². The average molecular weight is 331 g/mol. The molecule has 1 aromatic carbocycles. The summed E-state index contributed by atoms with van der Waals surface area (Å²) in [6.45, 7) is 5.53. The third-order valence-corrected chi connectivity index (χ3v) is 3.84. The van der Waals surface area contributed by atoms with Crippen LogP contribution in [-0.4, -0.2) is 34.7 Å². The molecule has 0 saturated carbocycles. The minimum Gasteiger partial charge on any atom is -0.455 e. The number of carbonyl (C=O) groups is 2. The van der Waals surface area contributed by atoms with Gasteiger partial charge in [-0.05, 0) is 18.9 Å². The van der Waals surface area contributed by atoms with Crippen LogP contribution in [0.25, 0.3) is 10.8 Å². The van der Waals surface area contributed by atoms with Crippen LogP contribution in [0.3, 0.4) is 0 Å². The van der Waals surface area contributed by atoms with Crippen LogP contribution in [0.15, 0.2) is 29.1 Å². The van der Waals surface area contributed by atoms with Crippen LogP contribution in [0.1, 0.15) is 26.5 Å². The van der Waals surface area contributed by atoms with Crippen molar-refractivity contribution in [2.45, 2.75) is 33.2 Å². The number of nitrogens with one attached hydrogen (secondary N) is 2. The molecule has 24 heavy (non-hydrogen) atoms. The van der Waals surface area contributed by atoms with Crippen LogP contribution in [-0.2, 0) is 20.7 Å². The summed E-state index contributed by atoms with van der Waals surface area (Å²) in [7, 11) is 0. The Morgan fingerprint density at radius 3 is 2.54 bits per heavy atom. The summed E-state index contributed by atoms with van der Waals surface area (Å²) in [6, 6.07) is 6.88. The molecule has 7 heteroatoms. The van der Waals surface area contributed by atoms with Crippen molar-refractivity contribution in [2.75, 3.05) is 6.61 Å². The van der Waals surface area contributed by atoms with Crippen LogP contribution < -0.4 is 10.9 Å². The maximum atomic E-state index is 11.9. The Hall–Kier alpha value is -2.70. The first-order chi connectivity index (χ1) is 11.4. The van der Waals surface area contributed by atoms with Gasteiger partial charge in [0.05, 0.1) is 17.5 Å². The van der Waals surface area contributed by atoms with Crippen molar-refractivity contribution in [3.05, 3.63) is 40.3 Å². The lowest BCUT2D eigenvalue weighted by Gasteiger charge is -2.17. The number of esters is 1. The molecule has 1 aromatic heterocycles. The Morgan fingerprint density at radius 2 is 1.88 bits per heavy atom. The van der Waals surface area contributed by atoms with E-state index >= 15 is 0 Å². The lowest BCUT2D eigenvalue weighted by atomic mass is 10.1. The zero-order valence-electron chi connectivity index (χ0n) is 14.0. The normalized spacial score (nSPS) is 12.2. The molecule has 2 rings (SSSR count). The van der Waals surface area contributed by atoms with Gasteiger partial charge in [-0.2, -0.15) is 5.10 Å². The second-order valence-electron chi connectivity index (χ2n) is 5.98. The zero-order valence-corrected chi connectivity index (χ0v) is 14.0. The van der Waals surface area contributed by atoms with E-state index in [0.29, 0.717) is 22.4 Å². The largest absolute Gasteiger partial charge is 0.455 e. The molecule has 0 fully saturated rings.